The zero-order chi connectivity index (χ0) is 28.1. The molecule has 2 aliphatic rings. The second-order valence-electron chi connectivity index (χ2n) is 9.22. The fourth-order valence-electron chi connectivity index (χ4n) is 4.59. The molecule has 3 aromatic carbocycles. The molecule has 2 amide bonds. The summed E-state index contributed by atoms with van der Waals surface area (Å²) < 4.78 is 73.6. The van der Waals surface area contributed by atoms with Gasteiger partial charge in [0, 0.05) is 40.6 Å². The first-order valence-corrected chi connectivity index (χ1v) is 12.0. The first-order valence-electron chi connectivity index (χ1n) is 11.6. The Labute approximate surface area is 223 Å². The predicted molar refractivity (Wildman–Crippen MR) is 129 cm³/mol. The normalized spacial score (nSPS) is 19.9. The maximum absolute atomic E-state index is 14.1. The molecule has 2 N–H and O–H groups in total. The van der Waals surface area contributed by atoms with Crippen LogP contribution in [0.2, 0.25) is 5.02 Å². The van der Waals surface area contributed by atoms with E-state index < -0.39 is 46.8 Å². The van der Waals surface area contributed by atoms with Crippen LogP contribution in [0.1, 0.15) is 56.3 Å². The Morgan fingerprint density at radius 2 is 1.82 bits per heavy atom. The molecule has 0 unspecified atom stereocenters. The van der Waals surface area contributed by atoms with Crippen LogP contribution in [0.5, 0.6) is 5.75 Å². The van der Waals surface area contributed by atoms with E-state index in [-0.39, 0.29) is 51.2 Å². The van der Waals surface area contributed by atoms with Crippen LogP contribution in [0.3, 0.4) is 0 Å². The van der Waals surface area contributed by atoms with Crippen molar-refractivity contribution in [3.63, 3.8) is 0 Å². The largest absolute Gasteiger partial charge is 0.490 e. The van der Waals surface area contributed by atoms with E-state index in [1.807, 2.05) is 0 Å². The summed E-state index contributed by atoms with van der Waals surface area (Å²) in [5, 5.41) is 14.3. The smallest absolute Gasteiger partial charge is 0.416 e. The molecule has 1 atom stereocenters. The van der Waals surface area contributed by atoms with Gasteiger partial charge in [0.05, 0.1) is 34.8 Å². The molecule has 0 radical (unpaired) electrons. The van der Waals surface area contributed by atoms with Crippen molar-refractivity contribution in [2.45, 2.75) is 31.2 Å². The third kappa shape index (κ3) is 5.25. The van der Waals surface area contributed by atoms with E-state index in [0.29, 0.717) is 25.0 Å². The van der Waals surface area contributed by atoms with Gasteiger partial charge in [0.15, 0.2) is 0 Å². The van der Waals surface area contributed by atoms with Crippen LogP contribution in [0.4, 0.5) is 27.6 Å². The second-order valence-corrected chi connectivity index (χ2v) is 9.63. The highest BCUT2D eigenvalue weighted by Crippen LogP contribution is 2.43. The van der Waals surface area contributed by atoms with Gasteiger partial charge in [0.25, 0.3) is 11.8 Å². The quantitative estimate of drug-likeness (QED) is 0.353. The Morgan fingerprint density at radius 3 is 2.51 bits per heavy atom. The number of hydrogen-bond donors (Lipinski definition) is 2. The molecule has 1 aliphatic heterocycles. The highest BCUT2D eigenvalue weighted by atomic mass is 35.5. The van der Waals surface area contributed by atoms with Gasteiger partial charge in [-0.1, -0.05) is 11.6 Å². The minimum Gasteiger partial charge on any atom is -0.490 e. The fraction of sp³-hybridized carbons (Fsp3) is 0.222. The first kappa shape index (κ1) is 26.4. The molecular formula is C27H17ClF5N3O3. The van der Waals surface area contributed by atoms with Gasteiger partial charge >= 0.3 is 6.18 Å². The van der Waals surface area contributed by atoms with Crippen LogP contribution in [0.15, 0.2) is 48.5 Å². The molecule has 1 aliphatic carbocycles. The summed E-state index contributed by atoms with van der Waals surface area (Å²) in [6.07, 6.45) is -4.32. The molecule has 0 bridgehead atoms. The molecule has 0 spiro atoms. The van der Waals surface area contributed by atoms with Crippen LogP contribution in [0, 0.1) is 28.9 Å². The number of amides is 2. The lowest BCUT2D eigenvalue weighted by Crippen LogP contribution is -2.32. The highest BCUT2D eigenvalue weighted by molar-refractivity contribution is 6.31. The van der Waals surface area contributed by atoms with E-state index in [9.17, 15) is 31.5 Å². The number of carbonyl (C=O) groups excluding carboxylic acids is 2. The van der Waals surface area contributed by atoms with Crippen LogP contribution >= 0.6 is 11.6 Å². The summed E-state index contributed by atoms with van der Waals surface area (Å²) in [6.45, 7) is 0. The standard InChI is InChI=1S/C27H17ClF5N3O3/c28-21-2-1-15(29)8-19(21)24-23-20(26(38)36-24)9-18(39-17-3-12(4-17)11-34)10-22(23)35-25(37)13-5-14(27(31,32)33)7-16(30)6-13/h1-2,5-10,12,17,24H,3-4H2,(H,35,37)(H,36,38)/t12?,17?,24-/m1/s1. The summed E-state index contributed by atoms with van der Waals surface area (Å²) >= 11 is 6.27. The maximum Gasteiger partial charge on any atom is 0.416 e. The summed E-state index contributed by atoms with van der Waals surface area (Å²) in [5.74, 6) is -3.61. The van der Waals surface area contributed by atoms with Gasteiger partial charge in [0.1, 0.15) is 23.5 Å². The van der Waals surface area contributed by atoms with Crippen molar-refractivity contribution in [2.75, 3.05) is 5.32 Å². The molecule has 1 fully saturated rings. The second kappa shape index (κ2) is 9.85. The van der Waals surface area contributed by atoms with Crippen molar-refractivity contribution in [1.82, 2.24) is 5.32 Å². The summed E-state index contributed by atoms with van der Waals surface area (Å²) in [4.78, 5) is 26.0. The van der Waals surface area contributed by atoms with Crippen molar-refractivity contribution in [3.8, 4) is 11.8 Å². The first-order chi connectivity index (χ1) is 18.4. The van der Waals surface area contributed by atoms with Gasteiger partial charge < -0.3 is 15.4 Å². The average molecular weight is 562 g/mol. The molecule has 12 heteroatoms. The van der Waals surface area contributed by atoms with Gasteiger partial charge in [-0.15, -0.1) is 0 Å². The Morgan fingerprint density at radius 1 is 1.08 bits per heavy atom. The Balaban J connectivity index is 1.57. The van der Waals surface area contributed by atoms with Gasteiger partial charge in [-0.2, -0.15) is 18.4 Å². The van der Waals surface area contributed by atoms with Gasteiger partial charge in [-0.3, -0.25) is 9.59 Å². The maximum atomic E-state index is 14.1. The molecule has 0 aromatic heterocycles. The summed E-state index contributed by atoms with van der Waals surface area (Å²) in [7, 11) is 0. The Hall–Kier alpha value is -4.17. The molecule has 1 saturated carbocycles. The Bertz CT molecular complexity index is 1550. The zero-order valence-electron chi connectivity index (χ0n) is 19.7. The lowest BCUT2D eigenvalue weighted by Gasteiger charge is -2.31. The zero-order valence-corrected chi connectivity index (χ0v) is 20.5. The molecular weight excluding hydrogens is 545 g/mol. The molecule has 0 saturated heterocycles. The number of hydrogen-bond acceptors (Lipinski definition) is 4. The lowest BCUT2D eigenvalue weighted by atomic mass is 9.83. The van der Waals surface area contributed by atoms with Crippen LogP contribution in [-0.2, 0) is 6.18 Å². The van der Waals surface area contributed by atoms with Crippen molar-refractivity contribution < 1.29 is 36.3 Å². The third-order valence-corrected chi connectivity index (χ3v) is 6.89. The number of benzene rings is 3. The molecule has 1 heterocycles. The van der Waals surface area contributed by atoms with Crippen molar-refractivity contribution in [2.24, 2.45) is 5.92 Å². The van der Waals surface area contributed by atoms with E-state index in [1.54, 1.807) is 0 Å². The summed E-state index contributed by atoms with van der Waals surface area (Å²) in [5.41, 5.74) is -1.60. The molecule has 3 aromatic rings. The monoisotopic (exact) mass is 561 g/mol. The number of fused-ring (bicyclic) bond motifs is 1. The predicted octanol–water partition coefficient (Wildman–Crippen LogP) is 6.40. The molecule has 200 valence electrons. The van der Waals surface area contributed by atoms with Crippen molar-refractivity contribution >= 4 is 29.1 Å². The molecule has 39 heavy (non-hydrogen) atoms. The number of nitriles is 1. The van der Waals surface area contributed by atoms with Crippen molar-refractivity contribution in [3.05, 3.63) is 93.0 Å². The van der Waals surface area contributed by atoms with Crippen LogP contribution in [-0.4, -0.2) is 17.9 Å². The minimum absolute atomic E-state index is 0.0369. The van der Waals surface area contributed by atoms with Crippen molar-refractivity contribution in [1.29, 1.82) is 5.26 Å². The third-order valence-electron chi connectivity index (χ3n) is 6.55. The van der Waals surface area contributed by atoms with E-state index in [4.69, 9.17) is 21.6 Å². The SMILES string of the molecule is N#CC1CC(Oc2cc(NC(=O)c3cc(F)cc(C(F)(F)F)c3)c3c(c2)C(=O)N[C@@H]3c2cc(F)ccc2Cl)C1. The minimum atomic E-state index is -4.90. The fourth-order valence-corrected chi connectivity index (χ4v) is 4.81. The van der Waals surface area contributed by atoms with Crippen LogP contribution < -0.4 is 15.4 Å². The summed E-state index contributed by atoms with van der Waals surface area (Å²) in [6, 6.07) is 8.80. The lowest BCUT2D eigenvalue weighted by molar-refractivity contribution is -0.137. The van der Waals surface area contributed by atoms with E-state index in [2.05, 4.69) is 16.7 Å². The number of alkyl halides is 3. The van der Waals surface area contributed by atoms with E-state index >= 15 is 0 Å². The average Bonchev–Trinajstić information content (AvgIpc) is 3.18. The number of ether oxygens (including phenoxy) is 1. The number of carbonyl (C=O) groups is 2. The van der Waals surface area contributed by atoms with Gasteiger partial charge in [-0.25, -0.2) is 8.78 Å². The topological polar surface area (TPSA) is 91.2 Å². The van der Waals surface area contributed by atoms with Gasteiger partial charge in [0.2, 0.25) is 0 Å². The van der Waals surface area contributed by atoms with E-state index in [0.717, 1.165) is 12.1 Å². The number of nitrogens with zero attached hydrogens (tertiary/aromatic N) is 1. The number of anilines is 1. The Kier molecular flexibility index (Phi) is 6.68. The molecule has 5 rings (SSSR count). The highest BCUT2D eigenvalue weighted by Gasteiger charge is 2.37. The van der Waals surface area contributed by atoms with Gasteiger partial charge in [-0.05, 0) is 42.5 Å². The van der Waals surface area contributed by atoms with Crippen LogP contribution in [0.25, 0.3) is 0 Å². The van der Waals surface area contributed by atoms with E-state index in [1.165, 1.54) is 18.2 Å². The molecule has 6 nitrogen and oxygen atoms in total. The number of nitrogens with one attached hydrogen (secondary N) is 2. The number of rotatable bonds is 5. The number of halogens is 6.